The Morgan fingerprint density at radius 3 is 2.73 bits per heavy atom. The Morgan fingerprint density at radius 2 is 2.27 bits per heavy atom. The van der Waals surface area contributed by atoms with Gasteiger partial charge in [0, 0.05) is 13.3 Å². The van der Waals surface area contributed by atoms with Crippen molar-refractivity contribution in [1.82, 2.24) is 0 Å². The zero-order valence-electron chi connectivity index (χ0n) is 7.31. The average Bonchev–Trinajstić information content (AvgIpc) is 1.87. The van der Waals surface area contributed by atoms with Crippen molar-refractivity contribution in [2.45, 2.75) is 32.6 Å². The molecule has 0 aliphatic carbocycles. The van der Waals surface area contributed by atoms with E-state index in [9.17, 15) is 4.79 Å². The number of allylic oxidation sites excluding steroid dienone is 1. The Balaban J connectivity index is 3.23. The largest absolute Gasteiger partial charge is 0.300 e. The van der Waals surface area contributed by atoms with Crippen molar-refractivity contribution >= 4 is 5.78 Å². The second kappa shape index (κ2) is 6.14. The maximum atomic E-state index is 10.5. The Hall–Kier alpha value is -0.590. The minimum absolute atomic E-state index is 0.0517. The molecular formula is C10H17O. The number of rotatable bonds is 6. The molecule has 0 bridgehead atoms. The van der Waals surface area contributed by atoms with Gasteiger partial charge in [0.25, 0.3) is 0 Å². The Bertz CT molecular complexity index is 127. The van der Waals surface area contributed by atoms with Gasteiger partial charge in [-0.05, 0) is 25.2 Å². The number of carbonyl (C=O) groups is 1. The summed E-state index contributed by atoms with van der Waals surface area (Å²) in [6.45, 7) is 9.16. The van der Waals surface area contributed by atoms with Crippen molar-refractivity contribution in [2.75, 3.05) is 0 Å². The van der Waals surface area contributed by atoms with Gasteiger partial charge in [-0.15, -0.1) is 6.58 Å². The van der Waals surface area contributed by atoms with Gasteiger partial charge in [0.2, 0.25) is 0 Å². The molecule has 0 aromatic heterocycles. The molecule has 0 fully saturated rings. The summed E-state index contributed by atoms with van der Waals surface area (Å²) in [7, 11) is 0. The van der Waals surface area contributed by atoms with Crippen LogP contribution in [0.1, 0.15) is 32.6 Å². The fraction of sp³-hybridized carbons (Fsp3) is 0.600. The second-order valence-corrected chi connectivity index (χ2v) is 3.06. The molecule has 0 saturated carbocycles. The smallest absolute Gasteiger partial charge is 0.133 e. The standard InChI is InChI=1S/C10H17O/c1-4-6-9(2)7-5-8-10(3)11/h4,9H,1,3,5-8H2,2H3/t9-/m0/s1. The number of ketones is 1. The van der Waals surface area contributed by atoms with Gasteiger partial charge >= 0.3 is 0 Å². The van der Waals surface area contributed by atoms with Gasteiger partial charge in [0.15, 0.2) is 0 Å². The van der Waals surface area contributed by atoms with Crippen molar-refractivity contribution in [3.63, 3.8) is 0 Å². The SMILES string of the molecule is [CH2]C(=O)CCC[C@@H](C)CC=C. The lowest BCUT2D eigenvalue weighted by molar-refractivity contribution is -0.115. The van der Waals surface area contributed by atoms with E-state index in [1.807, 2.05) is 6.08 Å². The van der Waals surface area contributed by atoms with Crippen LogP contribution in [0.4, 0.5) is 0 Å². The summed E-state index contributed by atoms with van der Waals surface area (Å²) in [4.78, 5) is 10.5. The third kappa shape index (κ3) is 7.31. The maximum Gasteiger partial charge on any atom is 0.133 e. The van der Waals surface area contributed by atoms with E-state index in [2.05, 4.69) is 20.4 Å². The summed E-state index contributed by atoms with van der Waals surface area (Å²) in [6.07, 6.45) is 5.67. The van der Waals surface area contributed by atoms with Crippen molar-refractivity contribution in [3.05, 3.63) is 19.6 Å². The normalized spacial score (nSPS) is 12.5. The lowest BCUT2D eigenvalue weighted by Crippen LogP contribution is -1.95. The van der Waals surface area contributed by atoms with Crippen LogP contribution in [0.5, 0.6) is 0 Å². The first kappa shape index (κ1) is 10.4. The molecule has 0 N–H and O–H groups in total. The van der Waals surface area contributed by atoms with Crippen LogP contribution in [0, 0.1) is 12.8 Å². The van der Waals surface area contributed by atoms with Crippen molar-refractivity contribution in [1.29, 1.82) is 0 Å². The molecular weight excluding hydrogens is 136 g/mol. The highest BCUT2D eigenvalue weighted by Crippen LogP contribution is 2.11. The van der Waals surface area contributed by atoms with Gasteiger partial charge < -0.3 is 0 Å². The molecule has 0 aliphatic rings. The monoisotopic (exact) mass is 153 g/mol. The molecule has 0 aliphatic heterocycles. The topological polar surface area (TPSA) is 17.1 Å². The molecule has 0 spiro atoms. The molecule has 1 nitrogen and oxygen atoms in total. The molecule has 0 unspecified atom stereocenters. The first-order valence-electron chi connectivity index (χ1n) is 4.12. The van der Waals surface area contributed by atoms with Gasteiger partial charge in [0.05, 0.1) is 0 Å². The van der Waals surface area contributed by atoms with Crippen molar-refractivity contribution in [2.24, 2.45) is 5.92 Å². The van der Waals surface area contributed by atoms with Gasteiger partial charge in [-0.1, -0.05) is 13.0 Å². The Morgan fingerprint density at radius 1 is 1.64 bits per heavy atom. The summed E-state index contributed by atoms with van der Waals surface area (Å²) in [5, 5.41) is 0. The third-order valence-corrected chi connectivity index (χ3v) is 1.72. The van der Waals surface area contributed by atoms with Crippen LogP contribution in [0.25, 0.3) is 0 Å². The molecule has 0 amide bonds. The number of Topliss-reactive ketones (excluding diaryl/α,β-unsaturated/α-hetero) is 1. The van der Waals surface area contributed by atoms with E-state index in [1.165, 1.54) is 0 Å². The van der Waals surface area contributed by atoms with Crippen LogP contribution >= 0.6 is 0 Å². The van der Waals surface area contributed by atoms with Crippen LogP contribution in [0.2, 0.25) is 0 Å². The number of carbonyl (C=O) groups excluding carboxylic acids is 1. The average molecular weight is 153 g/mol. The minimum Gasteiger partial charge on any atom is -0.300 e. The number of hydrogen-bond acceptors (Lipinski definition) is 1. The number of hydrogen-bond donors (Lipinski definition) is 0. The minimum atomic E-state index is 0.0517. The molecule has 0 saturated heterocycles. The van der Waals surface area contributed by atoms with Crippen molar-refractivity contribution < 1.29 is 4.79 Å². The van der Waals surface area contributed by atoms with Crippen molar-refractivity contribution in [3.8, 4) is 0 Å². The summed E-state index contributed by atoms with van der Waals surface area (Å²) in [5.41, 5.74) is 0. The summed E-state index contributed by atoms with van der Waals surface area (Å²) >= 11 is 0. The molecule has 0 rings (SSSR count). The van der Waals surface area contributed by atoms with Gasteiger partial charge in [-0.2, -0.15) is 0 Å². The summed E-state index contributed by atoms with van der Waals surface area (Å²) in [5.74, 6) is 0.711. The zero-order valence-corrected chi connectivity index (χ0v) is 7.31. The molecule has 1 atom stereocenters. The first-order valence-corrected chi connectivity index (χ1v) is 4.12. The summed E-state index contributed by atoms with van der Waals surface area (Å²) < 4.78 is 0. The highest BCUT2D eigenvalue weighted by atomic mass is 16.1. The highest BCUT2D eigenvalue weighted by molar-refractivity contribution is 5.82. The predicted octanol–water partition coefficient (Wildman–Crippen LogP) is 2.77. The maximum absolute atomic E-state index is 10.5. The van der Waals surface area contributed by atoms with E-state index < -0.39 is 0 Å². The van der Waals surface area contributed by atoms with Crippen LogP contribution in [0.15, 0.2) is 12.7 Å². The van der Waals surface area contributed by atoms with Crippen LogP contribution < -0.4 is 0 Å². The molecule has 1 radical (unpaired) electrons. The van der Waals surface area contributed by atoms with Gasteiger partial charge in [-0.25, -0.2) is 0 Å². The highest BCUT2D eigenvalue weighted by Gasteiger charge is 2.00. The second-order valence-electron chi connectivity index (χ2n) is 3.06. The Labute approximate surface area is 69.5 Å². The van der Waals surface area contributed by atoms with E-state index in [0.29, 0.717) is 12.3 Å². The molecule has 63 valence electrons. The fourth-order valence-electron chi connectivity index (χ4n) is 1.05. The van der Waals surface area contributed by atoms with E-state index in [4.69, 9.17) is 0 Å². The van der Waals surface area contributed by atoms with Gasteiger partial charge in [0.1, 0.15) is 5.78 Å². The molecule has 11 heavy (non-hydrogen) atoms. The lowest BCUT2D eigenvalue weighted by atomic mass is 10.00. The van der Waals surface area contributed by atoms with Crippen LogP contribution in [-0.4, -0.2) is 5.78 Å². The summed E-state index contributed by atoms with van der Waals surface area (Å²) in [6, 6.07) is 0. The Kier molecular flexibility index (Phi) is 5.81. The van der Waals surface area contributed by atoms with E-state index in [-0.39, 0.29) is 5.78 Å². The third-order valence-electron chi connectivity index (χ3n) is 1.72. The molecule has 1 heteroatoms. The van der Waals surface area contributed by atoms with Crippen LogP contribution in [0.3, 0.4) is 0 Å². The molecule has 0 aromatic rings. The quantitative estimate of drug-likeness (QED) is 0.536. The molecule has 0 heterocycles. The van der Waals surface area contributed by atoms with E-state index in [0.717, 1.165) is 19.3 Å². The van der Waals surface area contributed by atoms with E-state index in [1.54, 1.807) is 0 Å². The lowest BCUT2D eigenvalue weighted by Gasteiger charge is -2.06. The zero-order chi connectivity index (χ0) is 8.69. The van der Waals surface area contributed by atoms with Crippen LogP contribution in [-0.2, 0) is 4.79 Å². The van der Waals surface area contributed by atoms with E-state index >= 15 is 0 Å². The fourth-order valence-corrected chi connectivity index (χ4v) is 1.05. The van der Waals surface area contributed by atoms with Gasteiger partial charge in [-0.3, -0.25) is 4.79 Å². The predicted molar refractivity (Wildman–Crippen MR) is 48.2 cm³/mol. The molecule has 0 aromatic carbocycles. The first-order chi connectivity index (χ1) is 5.16.